The van der Waals surface area contributed by atoms with Gasteiger partial charge in [-0.15, -0.1) is 11.3 Å². The van der Waals surface area contributed by atoms with Gasteiger partial charge in [0.1, 0.15) is 11.7 Å². The van der Waals surface area contributed by atoms with Crippen LogP contribution in [0.5, 0.6) is 5.88 Å². The largest absolute Gasteiger partial charge is 0.474 e. The molecule has 0 saturated carbocycles. The number of amides is 1. The van der Waals surface area contributed by atoms with E-state index in [0.29, 0.717) is 25.6 Å². The molecule has 1 amide bonds. The second-order valence-corrected chi connectivity index (χ2v) is 8.20. The molecule has 0 aliphatic carbocycles. The maximum absolute atomic E-state index is 12.6. The van der Waals surface area contributed by atoms with Gasteiger partial charge in [-0.05, 0) is 31.5 Å². The van der Waals surface area contributed by atoms with Gasteiger partial charge in [0.15, 0.2) is 0 Å². The maximum Gasteiger partial charge on any atom is 0.264 e. The monoisotopic (exact) mass is 358 g/mol. The van der Waals surface area contributed by atoms with Crippen LogP contribution in [-0.4, -0.2) is 47.2 Å². The molecule has 25 heavy (non-hydrogen) atoms. The summed E-state index contributed by atoms with van der Waals surface area (Å²) in [6.07, 6.45) is 3.48. The fourth-order valence-electron chi connectivity index (χ4n) is 3.52. The number of nitrogens with zero attached hydrogens (tertiary/aromatic N) is 2. The lowest BCUT2D eigenvalue weighted by atomic mass is 9.84. The third-order valence-electron chi connectivity index (χ3n) is 4.99. The normalized spacial score (nSPS) is 21.8. The second kappa shape index (κ2) is 6.42. The Morgan fingerprint density at radius 3 is 2.92 bits per heavy atom. The highest BCUT2D eigenvalue weighted by Gasteiger charge is 2.50. The lowest BCUT2D eigenvalue weighted by Crippen LogP contribution is -2.67. The van der Waals surface area contributed by atoms with Crippen LogP contribution in [0.25, 0.3) is 0 Å². The second-order valence-electron chi connectivity index (χ2n) is 6.94. The predicted octanol–water partition coefficient (Wildman–Crippen LogP) is 3.21. The molecule has 2 aliphatic heterocycles. The standard InChI is InChI=1S/C19H22N2O3S/c1-13-9-16(25-14(13)2)18(22)21-11-19(12-21)10-15(6-8-23-19)24-17-5-3-4-7-20-17/h3-5,7,9,15H,6,8,10-12H2,1-2H3. The van der Waals surface area contributed by atoms with Crippen LogP contribution in [0.4, 0.5) is 0 Å². The van der Waals surface area contributed by atoms with Crippen LogP contribution < -0.4 is 4.74 Å². The number of carbonyl (C=O) groups is 1. The minimum atomic E-state index is -0.255. The van der Waals surface area contributed by atoms with Crippen LogP contribution in [-0.2, 0) is 4.74 Å². The predicted molar refractivity (Wildman–Crippen MR) is 96.3 cm³/mol. The summed E-state index contributed by atoms with van der Waals surface area (Å²) in [5.41, 5.74) is 0.927. The van der Waals surface area contributed by atoms with Crippen molar-refractivity contribution < 1.29 is 14.3 Å². The number of pyridine rings is 1. The zero-order chi connectivity index (χ0) is 17.4. The number of carbonyl (C=O) groups excluding carboxylic acids is 1. The first kappa shape index (κ1) is 16.5. The molecule has 6 heteroatoms. The Morgan fingerprint density at radius 1 is 1.40 bits per heavy atom. The number of hydrogen-bond acceptors (Lipinski definition) is 5. The smallest absolute Gasteiger partial charge is 0.264 e. The van der Waals surface area contributed by atoms with Gasteiger partial charge in [-0.2, -0.15) is 0 Å². The number of aromatic nitrogens is 1. The summed E-state index contributed by atoms with van der Waals surface area (Å²) in [4.78, 5) is 20.8. The summed E-state index contributed by atoms with van der Waals surface area (Å²) in [6, 6.07) is 7.66. The van der Waals surface area contributed by atoms with Gasteiger partial charge >= 0.3 is 0 Å². The Balaban J connectivity index is 1.37. The van der Waals surface area contributed by atoms with Crippen molar-refractivity contribution in [2.24, 2.45) is 0 Å². The molecule has 1 unspecified atom stereocenters. The minimum Gasteiger partial charge on any atom is -0.474 e. The number of hydrogen-bond donors (Lipinski definition) is 0. The van der Waals surface area contributed by atoms with Crippen LogP contribution in [0, 0.1) is 13.8 Å². The van der Waals surface area contributed by atoms with Crippen LogP contribution in [0.3, 0.4) is 0 Å². The third kappa shape index (κ3) is 3.28. The van der Waals surface area contributed by atoms with E-state index in [1.54, 1.807) is 17.5 Å². The molecule has 2 aliphatic rings. The molecule has 4 heterocycles. The van der Waals surface area contributed by atoms with Crippen LogP contribution in [0.1, 0.15) is 33.0 Å². The molecule has 2 fully saturated rings. The van der Waals surface area contributed by atoms with Gasteiger partial charge in [-0.25, -0.2) is 4.98 Å². The zero-order valence-corrected chi connectivity index (χ0v) is 15.3. The van der Waals surface area contributed by atoms with Gasteiger partial charge in [0.25, 0.3) is 5.91 Å². The van der Waals surface area contributed by atoms with E-state index in [0.717, 1.165) is 17.7 Å². The molecule has 5 nitrogen and oxygen atoms in total. The Labute approximate surface area is 151 Å². The highest BCUT2D eigenvalue weighted by atomic mass is 32.1. The van der Waals surface area contributed by atoms with Crippen molar-refractivity contribution in [2.75, 3.05) is 19.7 Å². The number of aryl methyl sites for hydroxylation is 2. The van der Waals surface area contributed by atoms with E-state index >= 15 is 0 Å². The number of rotatable bonds is 3. The van der Waals surface area contributed by atoms with Gasteiger partial charge in [-0.3, -0.25) is 4.79 Å². The molecule has 2 aromatic rings. The van der Waals surface area contributed by atoms with Gasteiger partial charge < -0.3 is 14.4 Å². The van der Waals surface area contributed by atoms with E-state index in [-0.39, 0.29) is 17.6 Å². The van der Waals surface area contributed by atoms with Crippen molar-refractivity contribution in [3.05, 3.63) is 45.8 Å². The molecule has 0 bridgehead atoms. The highest BCUT2D eigenvalue weighted by molar-refractivity contribution is 7.14. The zero-order valence-electron chi connectivity index (χ0n) is 14.5. The van der Waals surface area contributed by atoms with Gasteiger partial charge in [0, 0.05) is 30.0 Å². The molecule has 4 rings (SSSR count). The molecule has 0 aromatic carbocycles. The molecular weight excluding hydrogens is 336 g/mol. The quantitative estimate of drug-likeness (QED) is 0.845. The summed E-state index contributed by atoms with van der Waals surface area (Å²) < 4.78 is 12.0. The summed E-state index contributed by atoms with van der Waals surface area (Å²) in [5.74, 6) is 0.768. The van der Waals surface area contributed by atoms with E-state index in [1.165, 1.54) is 10.4 Å². The number of ether oxygens (including phenoxy) is 2. The average Bonchev–Trinajstić information content (AvgIpc) is 2.92. The molecule has 2 aromatic heterocycles. The van der Waals surface area contributed by atoms with Crippen LogP contribution in [0.15, 0.2) is 30.5 Å². The third-order valence-corrected chi connectivity index (χ3v) is 6.14. The van der Waals surface area contributed by atoms with Gasteiger partial charge in [-0.1, -0.05) is 6.07 Å². The van der Waals surface area contributed by atoms with Gasteiger partial charge in [0.2, 0.25) is 5.88 Å². The van der Waals surface area contributed by atoms with E-state index in [1.807, 2.05) is 36.1 Å². The van der Waals surface area contributed by atoms with Crippen molar-refractivity contribution in [1.82, 2.24) is 9.88 Å². The molecule has 0 radical (unpaired) electrons. The Bertz CT molecular complexity index is 749. The number of thiophene rings is 1. The topological polar surface area (TPSA) is 51.7 Å². The van der Waals surface area contributed by atoms with Crippen molar-refractivity contribution in [3.63, 3.8) is 0 Å². The average molecular weight is 358 g/mol. The first-order valence-corrected chi connectivity index (χ1v) is 9.44. The summed E-state index contributed by atoms with van der Waals surface area (Å²) in [6.45, 7) is 6.05. The lowest BCUT2D eigenvalue weighted by molar-refractivity contribution is -0.174. The van der Waals surface area contributed by atoms with Crippen molar-refractivity contribution in [1.29, 1.82) is 0 Å². The molecule has 2 saturated heterocycles. The Hall–Kier alpha value is -1.92. The lowest BCUT2D eigenvalue weighted by Gasteiger charge is -2.52. The summed E-state index contributed by atoms with van der Waals surface area (Å²) in [7, 11) is 0. The van der Waals surface area contributed by atoms with E-state index in [2.05, 4.69) is 11.9 Å². The fraction of sp³-hybridized carbons (Fsp3) is 0.474. The summed E-state index contributed by atoms with van der Waals surface area (Å²) >= 11 is 1.57. The van der Waals surface area contributed by atoms with Crippen LogP contribution >= 0.6 is 11.3 Å². The Kier molecular flexibility index (Phi) is 4.25. The molecular formula is C19H22N2O3S. The highest BCUT2D eigenvalue weighted by Crippen LogP contribution is 2.37. The van der Waals surface area contributed by atoms with E-state index < -0.39 is 0 Å². The molecule has 132 valence electrons. The first-order chi connectivity index (χ1) is 12.0. The first-order valence-electron chi connectivity index (χ1n) is 8.63. The fourth-order valence-corrected chi connectivity index (χ4v) is 4.52. The molecule has 0 N–H and O–H groups in total. The molecule has 1 atom stereocenters. The molecule has 1 spiro atoms. The summed E-state index contributed by atoms with van der Waals surface area (Å²) in [5, 5.41) is 0. The Morgan fingerprint density at radius 2 is 2.24 bits per heavy atom. The SMILES string of the molecule is Cc1cc(C(=O)N2CC3(CC(Oc4ccccn4)CCO3)C2)sc1C. The number of likely N-dealkylation sites (tertiary alicyclic amines) is 1. The van der Waals surface area contributed by atoms with E-state index in [9.17, 15) is 4.79 Å². The van der Waals surface area contributed by atoms with Crippen molar-refractivity contribution >= 4 is 17.2 Å². The minimum absolute atomic E-state index is 0.0899. The maximum atomic E-state index is 12.6. The van der Waals surface area contributed by atoms with Gasteiger partial charge in [0.05, 0.1) is 24.6 Å². The van der Waals surface area contributed by atoms with Crippen molar-refractivity contribution in [3.8, 4) is 5.88 Å². The van der Waals surface area contributed by atoms with Crippen LogP contribution in [0.2, 0.25) is 0 Å². The van der Waals surface area contributed by atoms with Crippen molar-refractivity contribution in [2.45, 2.75) is 38.4 Å². The van der Waals surface area contributed by atoms with E-state index in [4.69, 9.17) is 9.47 Å².